The first-order valence-corrected chi connectivity index (χ1v) is 6.62. The zero-order valence-electron chi connectivity index (χ0n) is 8.08. The lowest BCUT2D eigenvalue weighted by Gasteiger charge is -2.05. The normalized spacial score (nSPS) is 10.3. The second-order valence-electron chi connectivity index (χ2n) is 3.31. The molecule has 0 radical (unpaired) electrons. The number of halogens is 2. The van der Waals surface area contributed by atoms with Gasteiger partial charge in [0.2, 0.25) is 0 Å². The van der Waals surface area contributed by atoms with Crippen molar-refractivity contribution in [2.75, 3.05) is 0 Å². The van der Waals surface area contributed by atoms with E-state index in [1.165, 1.54) is 16.7 Å². The lowest BCUT2D eigenvalue weighted by atomic mass is 10.0. The molecule has 0 atom stereocenters. The molecule has 0 aliphatic rings. The molecule has 76 valence electrons. The molecule has 2 aromatic rings. The topological polar surface area (TPSA) is 0 Å². The van der Waals surface area contributed by atoms with E-state index >= 15 is 0 Å². The fraction of sp³-hybridized carbons (Fsp3) is 0.0769. The maximum Gasteiger partial charge on any atom is 0.0294 e. The van der Waals surface area contributed by atoms with Gasteiger partial charge >= 0.3 is 0 Å². The summed E-state index contributed by atoms with van der Waals surface area (Å²) in [6, 6.07) is 16.8. The minimum Gasteiger partial charge on any atom is -0.0876 e. The van der Waals surface area contributed by atoms with Crippen molar-refractivity contribution >= 4 is 31.9 Å². The van der Waals surface area contributed by atoms with E-state index in [4.69, 9.17) is 0 Å². The Labute approximate surface area is 107 Å². The van der Waals surface area contributed by atoms with E-state index in [9.17, 15) is 0 Å². The molecule has 0 N–H and O–H groups in total. The molecule has 0 aromatic heterocycles. The van der Waals surface area contributed by atoms with Crippen LogP contribution in [-0.2, 0) is 5.33 Å². The molecule has 0 aliphatic carbocycles. The summed E-state index contributed by atoms with van der Waals surface area (Å²) < 4.78 is 1.15. The first-order chi connectivity index (χ1) is 7.31. The Morgan fingerprint density at radius 3 is 2.20 bits per heavy atom. The third-order valence-electron chi connectivity index (χ3n) is 2.30. The number of rotatable bonds is 2. The highest BCUT2D eigenvalue weighted by Crippen LogP contribution is 2.26. The van der Waals surface area contributed by atoms with E-state index in [0.29, 0.717) is 0 Å². The van der Waals surface area contributed by atoms with Gasteiger partial charge in [0.25, 0.3) is 0 Å². The highest BCUT2D eigenvalue weighted by molar-refractivity contribution is 9.10. The van der Waals surface area contributed by atoms with Gasteiger partial charge in [-0.3, -0.25) is 0 Å². The smallest absolute Gasteiger partial charge is 0.0294 e. The van der Waals surface area contributed by atoms with Crippen LogP contribution in [0.5, 0.6) is 0 Å². The summed E-state index contributed by atoms with van der Waals surface area (Å²) in [6.45, 7) is 0. The lowest BCUT2D eigenvalue weighted by molar-refractivity contribution is 1.40. The zero-order chi connectivity index (χ0) is 10.7. The summed E-state index contributed by atoms with van der Waals surface area (Å²) in [5.41, 5.74) is 3.76. The Balaban J connectivity index is 2.43. The van der Waals surface area contributed by atoms with Crippen molar-refractivity contribution < 1.29 is 0 Å². The Kier molecular flexibility index (Phi) is 3.60. The van der Waals surface area contributed by atoms with Crippen LogP contribution in [-0.4, -0.2) is 0 Å². The molecule has 0 nitrogen and oxygen atoms in total. The average Bonchev–Trinajstić information content (AvgIpc) is 2.30. The van der Waals surface area contributed by atoms with Gasteiger partial charge in [0, 0.05) is 9.80 Å². The highest BCUT2D eigenvalue weighted by atomic mass is 79.9. The number of hydrogen-bond acceptors (Lipinski definition) is 0. The van der Waals surface area contributed by atoms with Gasteiger partial charge in [0.1, 0.15) is 0 Å². The van der Waals surface area contributed by atoms with Crippen LogP contribution >= 0.6 is 31.9 Å². The second kappa shape index (κ2) is 4.95. The van der Waals surface area contributed by atoms with Gasteiger partial charge in [0.15, 0.2) is 0 Å². The van der Waals surface area contributed by atoms with Gasteiger partial charge in [-0.25, -0.2) is 0 Å². The van der Waals surface area contributed by atoms with Crippen molar-refractivity contribution in [3.05, 3.63) is 58.6 Å². The first-order valence-electron chi connectivity index (χ1n) is 4.71. The molecular formula is C13H10Br2. The Morgan fingerprint density at radius 1 is 0.867 bits per heavy atom. The van der Waals surface area contributed by atoms with Crippen LogP contribution in [0.15, 0.2) is 53.0 Å². The maximum absolute atomic E-state index is 3.57. The maximum atomic E-state index is 3.57. The molecular weight excluding hydrogens is 316 g/mol. The van der Waals surface area contributed by atoms with Crippen molar-refractivity contribution in [2.45, 2.75) is 5.33 Å². The molecule has 2 aromatic carbocycles. The minimum absolute atomic E-state index is 0.878. The number of hydrogen-bond donors (Lipinski definition) is 0. The van der Waals surface area contributed by atoms with Crippen LogP contribution in [0.4, 0.5) is 0 Å². The molecule has 2 rings (SSSR count). The summed E-state index contributed by atoms with van der Waals surface area (Å²) in [7, 11) is 0. The van der Waals surface area contributed by atoms with Crippen molar-refractivity contribution in [3.63, 3.8) is 0 Å². The fourth-order valence-electron chi connectivity index (χ4n) is 1.47. The van der Waals surface area contributed by atoms with Gasteiger partial charge in [-0.1, -0.05) is 74.3 Å². The third-order valence-corrected chi connectivity index (χ3v) is 3.65. The highest BCUT2D eigenvalue weighted by Gasteiger charge is 2.01. The minimum atomic E-state index is 0.878. The SMILES string of the molecule is BrCc1ccc(-c2ccccc2)cc1Br. The molecule has 0 heterocycles. The van der Waals surface area contributed by atoms with Crippen LogP contribution < -0.4 is 0 Å². The van der Waals surface area contributed by atoms with Crippen LogP contribution in [0.1, 0.15) is 5.56 Å². The first kappa shape index (κ1) is 10.9. The summed E-state index contributed by atoms with van der Waals surface area (Å²) in [6.07, 6.45) is 0. The van der Waals surface area contributed by atoms with E-state index in [1.807, 2.05) is 6.07 Å². The zero-order valence-corrected chi connectivity index (χ0v) is 11.3. The van der Waals surface area contributed by atoms with Gasteiger partial charge < -0.3 is 0 Å². The van der Waals surface area contributed by atoms with Gasteiger partial charge in [-0.05, 0) is 22.8 Å². The summed E-state index contributed by atoms with van der Waals surface area (Å²) >= 11 is 7.03. The largest absolute Gasteiger partial charge is 0.0876 e. The Morgan fingerprint density at radius 2 is 1.60 bits per heavy atom. The molecule has 0 spiro atoms. The molecule has 2 heteroatoms. The molecule has 0 bridgehead atoms. The van der Waals surface area contributed by atoms with E-state index in [-0.39, 0.29) is 0 Å². The Hall–Kier alpha value is -0.600. The predicted molar refractivity (Wildman–Crippen MR) is 72.2 cm³/mol. The number of alkyl halides is 1. The molecule has 0 saturated carbocycles. The van der Waals surface area contributed by atoms with Crippen molar-refractivity contribution in [2.24, 2.45) is 0 Å². The Bertz CT molecular complexity index is 449. The summed E-state index contributed by atoms with van der Waals surface area (Å²) in [5, 5.41) is 0.878. The molecule has 0 fully saturated rings. The van der Waals surface area contributed by atoms with Gasteiger partial charge in [-0.2, -0.15) is 0 Å². The average molecular weight is 326 g/mol. The van der Waals surface area contributed by atoms with Crippen molar-refractivity contribution in [3.8, 4) is 11.1 Å². The lowest BCUT2D eigenvalue weighted by Crippen LogP contribution is -1.82. The van der Waals surface area contributed by atoms with Crippen LogP contribution in [0.2, 0.25) is 0 Å². The van der Waals surface area contributed by atoms with E-state index in [0.717, 1.165) is 9.80 Å². The monoisotopic (exact) mass is 324 g/mol. The van der Waals surface area contributed by atoms with Crippen molar-refractivity contribution in [1.82, 2.24) is 0 Å². The van der Waals surface area contributed by atoms with Crippen molar-refractivity contribution in [1.29, 1.82) is 0 Å². The van der Waals surface area contributed by atoms with Gasteiger partial charge in [0.05, 0.1) is 0 Å². The molecule has 0 amide bonds. The third kappa shape index (κ3) is 2.50. The van der Waals surface area contributed by atoms with E-state index in [1.54, 1.807) is 0 Å². The second-order valence-corrected chi connectivity index (χ2v) is 4.72. The molecule has 0 saturated heterocycles. The summed E-state index contributed by atoms with van der Waals surface area (Å²) in [5.74, 6) is 0. The quantitative estimate of drug-likeness (QED) is 0.681. The number of benzene rings is 2. The van der Waals surface area contributed by atoms with Crippen LogP contribution in [0.3, 0.4) is 0 Å². The van der Waals surface area contributed by atoms with E-state index < -0.39 is 0 Å². The standard InChI is InChI=1S/C13H10Br2/c14-9-12-7-6-11(8-13(12)15)10-4-2-1-3-5-10/h1-8H,9H2. The summed E-state index contributed by atoms with van der Waals surface area (Å²) in [4.78, 5) is 0. The van der Waals surface area contributed by atoms with Crippen LogP contribution in [0, 0.1) is 0 Å². The predicted octanol–water partition coefficient (Wildman–Crippen LogP) is 5.01. The molecule has 15 heavy (non-hydrogen) atoms. The molecule has 0 unspecified atom stereocenters. The van der Waals surface area contributed by atoms with Crippen LogP contribution in [0.25, 0.3) is 11.1 Å². The molecule has 0 aliphatic heterocycles. The fourth-order valence-corrected chi connectivity index (χ4v) is 2.85. The van der Waals surface area contributed by atoms with Gasteiger partial charge in [-0.15, -0.1) is 0 Å². The van der Waals surface area contributed by atoms with E-state index in [2.05, 4.69) is 74.3 Å².